The van der Waals surface area contributed by atoms with Crippen LogP contribution in [-0.4, -0.2) is 46.4 Å². The fourth-order valence-electron chi connectivity index (χ4n) is 2.96. The highest BCUT2D eigenvalue weighted by Crippen LogP contribution is 2.29. The van der Waals surface area contributed by atoms with Crippen LogP contribution in [0.5, 0.6) is 0 Å². The highest BCUT2D eigenvalue weighted by atomic mass is 16.5. The SMILES string of the molecule is CCC(CC)O[C@@H]1C=C(c2cc(C(=O)O)on2)C[C@H](N)[C@H]1NC(C)=O. The third kappa shape index (κ3) is 4.67. The van der Waals surface area contributed by atoms with E-state index in [1.54, 1.807) is 0 Å². The Hall–Kier alpha value is -2.19. The van der Waals surface area contributed by atoms with E-state index in [4.69, 9.17) is 20.1 Å². The zero-order valence-electron chi connectivity index (χ0n) is 14.7. The zero-order chi connectivity index (χ0) is 18.6. The first kappa shape index (κ1) is 19.1. The summed E-state index contributed by atoms with van der Waals surface area (Å²) in [5.41, 5.74) is 7.43. The normalized spacial score (nSPS) is 23.4. The standard InChI is InChI=1S/C17H25N3O5/c1-4-11(5-2)24-14-7-10(6-12(18)16(14)19-9(3)21)13-8-15(17(22)23)25-20-13/h7-8,11-12,14,16H,4-6,18H2,1-3H3,(H,19,21)(H,22,23)/t12-,14+,16+/m0/s1. The summed E-state index contributed by atoms with van der Waals surface area (Å²) in [5.74, 6) is -1.59. The van der Waals surface area contributed by atoms with Gasteiger partial charge in [-0.1, -0.05) is 19.0 Å². The molecule has 1 aromatic heterocycles. The Kier molecular flexibility index (Phi) is 6.33. The largest absolute Gasteiger partial charge is 0.475 e. The van der Waals surface area contributed by atoms with Gasteiger partial charge in [-0.3, -0.25) is 4.79 Å². The van der Waals surface area contributed by atoms with Crippen molar-refractivity contribution in [1.82, 2.24) is 10.5 Å². The molecule has 1 heterocycles. The highest BCUT2D eigenvalue weighted by molar-refractivity contribution is 5.85. The summed E-state index contributed by atoms with van der Waals surface area (Å²) in [6.07, 6.45) is 3.58. The molecular weight excluding hydrogens is 326 g/mol. The predicted molar refractivity (Wildman–Crippen MR) is 90.9 cm³/mol. The van der Waals surface area contributed by atoms with E-state index >= 15 is 0 Å². The number of carbonyl (C=O) groups excluding carboxylic acids is 1. The van der Waals surface area contributed by atoms with Gasteiger partial charge in [-0.25, -0.2) is 4.79 Å². The molecule has 1 amide bonds. The number of nitrogens with zero attached hydrogens (tertiary/aromatic N) is 1. The van der Waals surface area contributed by atoms with Crippen molar-refractivity contribution in [3.63, 3.8) is 0 Å². The number of amides is 1. The summed E-state index contributed by atoms with van der Waals surface area (Å²) in [6.45, 7) is 5.51. The van der Waals surface area contributed by atoms with Gasteiger partial charge in [0.15, 0.2) is 0 Å². The molecule has 0 bridgehead atoms. The van der Waals surface area contributed by atoms with Gasteiger partial charge in [-0.2, -0.15) is 0 Å². The molecule has 0 fully saturated rings. The zero-order valence-corrected chi connectivity index (χ0v) is 14.7. The summed E-state index contributed by atoms with van der Waals surface area (Å²) < 4.78 is 11.0. The van der Waals surface area contributed by atoms with Gasteiger partial charge in [-0.05, 0) is 30.9 Å². The highest BCUT2D eigenvalue weighted by Gasteiger charge is 2.35. The minimum absolute atomic E-state index is 0.0379. The van der Waals surface area contributed by atoms with Crippen molar-refractivity contribution < 1.29 is 24.0 Å². The van der Waals surface area contributed by atoms with Gasteiger partial charge in [0.2, 0.25) is 11.7 Å². The lowest BCUT2D eigenvalue weighted by atomic mass is 9.87. The Morgan fingerprint density at radius 3 is 2.68 bits per heavy atom. The maximum atomic E-state index is 11.5. The van der Waals surface area contributed by atoms with Crippen molar-refractivity contribution >= 4 is 17.4 Å². The van der Waals surface area contributed by atoms with Crippen molar-refractivity contribution in [1.29, 1.82) is 0 Å². The first-order valence-electron chi connectivity index (χ1n) is 8.44. The summed E-state index contributed by atoms with van der Waals surface area (Å²) in [5, 5.41) is 15.6. The number of carboxylic acid groups (broad SMARTS) is 1. The lowest BCUT2D eigenvalue weighted by Crippen LogP contribution is -2.56. The number of nitrogens with two attached hydrogens (primary N) is 1. The second-order valence-corrected chi connectivity index (χ2v) is 6.21. The van der Waals surface area contributed by atoms with E-state index in [0.29, 0.717) is 12.1 Å². The molecule has 4 N–H and O–H groups in total. The molecule has 0 spiro atoms. The average molecular weight is 351 g/mol. The third-order valence-electron chi connectivity index (χ3n) is 4.32. The van der Waals surface area contributed by atoms with Gasteiger partial charge in [0.1, 0.15) is 5.69 Å². The van der Waals surface area contributed by atoms with Crippen molar-refractivity contribution in [2.24, 2.45) is 5.73 Å². The number of hydrogen-bond donors (Lipinski definition) is 3. The maximum absolute atomic E-state index is 11.5. The van der Waals surface area contributed by atoms with E-state index < -0.39 is 12.1 Å². The number of aromatic nitrogens is 1. The molecule has 1 aromatic rings. The summed E-state index contributed by atoms with van der Waals surface area (Å²) in [7, 11) is 0. The lowest BCUT2D eigenvalue weighted by molar-refractivity contribution is -0.121. The van der Waals surface area contributed by atoms with Crippen LogP contribution in [0.4, 0.5) is 0 Å². The number of nitrogens with one attached hydrogen (secondary N) is 1. The molecule has 0 unspecified atom stereocenters. The van der Waals surface area contributed by atoms with Gasteiger partial charge in [-0.15, -0.1) is 0 Å². The third-order valence-corrected chi connectivity index (χ3v) is 4.32. The van der Waals surface area contributed by atoms with Gasteiger partial charge >= 0.3 is 5.97 Å². The van der Waals surface area contributed by atoms with Crippen LogP contribution < -0.4 is 11.1 Å². The first-order valence-corrected chi connectivity index (χ1v) is 8.44. The van der Waals surface area contributed by atoms with Gasteiger partial charge in [0, 0.05) is 19.0 Å². The quantitative estimate of drug-likeness (QED) is 0.680. The molecule has 8 nitrogen and oxygen atoms in total. The minimum atomic E-state index is -1.18. The second-order valence-electron chi connectivity index (χ2n) is 6.21. The van der Waals surface area contributed by atoms with Crippen molar-refractivity contribution in [3.8, 4) is 0 Å². The van der Waals surface area contributed by atoms with E-state index in [9.17, 15) is 9.59 Å². The number of rotatable bonds is 7. The van der Waals surface area contributed by atoms with Crippen LogP contribution in [0.1, 0.15) is 56.3 Å². The van der Waals surface area contributed by atoms with Crippen LogP contribution in [0.15, 0.2) is 16.7 Å². The predicted octanol–water partition coefficient (Wildman–Crippen LogP) is 1.57. The molecule has 8 heteroatoms. The molecule has 2 rings (SSSR count). The average Bonchev–Trinajstić information content (AvgIpc) is 3.05. The topological polar surface area (TPSA) is 128 Å². The molecule has 138 valence electrons. The molecule has 0 aliphatic heterocycles. The van der Waals surface area contributed by atoms with Crippen LogP contribution >= 0.6 is 0 Å². The number of hydrogen-bond acceptors (Lipinski definition) is 6. The number of aromatic carboxylic acids is 1. The Labute approximate surface area is 146 Å². The Balaban J connectivity index is 2.31. The molecule has 0 aromatic carbocycles. The van der Waals surface area contributed by atoms with Gasteiger partial charge < -0.3 is 25.4 Å². The van der Waals surface area contributed by atoms with E-state index in [2.05, 4.69) is 10.5 Å². The van der Waals surface area contributed by atoms with E-state index in [1.807, 2.05) is 19.9 Å². The van der Waals surface area contributed by atoms with Gasteiger partial charge in [0.05, 0.1) is 18.2 Å². The smallest absolute Gasteiger partial charge is 0.374 e. The molecule has 0 saturated heterocycles. The maximum Gasteiger partial charge on any atom is 0.374 e. The molecule has 3 atom stereocenters. The Morgan fingerprint density at radius 1 is 1.48 bits per heavy atom. The monoisotopic (exact) mass is 351 g/mol. The van der Waals surface area contributed by atoms with Crippen LogP contribution in [0.2, 0.25) is 0 Å². The number of ether oxygens (including phenoxy) is 1. The Bertz CT molecular complexity index is 650. The Morgan fingerprint density at radius 2 is 2.16 bits per heavy atom. The lowest BCUT2D eigenvalue weighted by Gasteiger charge is -2.36. The fraction of sp³-hybridized carbons (Fsp3) is 0.588. The molecule has 1 aliphatic rings. The minimum Gasteiger partial charge on any atom is -0.475 e. The van der Waals surface area contributed by atoms with Crippen molar-refractivity contribution in [2.75, 3.05) is 0 Å². The molecule has 1 aliphatic carbocycles. The van der Waals surface area contributed by atoms with E-state index in [1.165, 1.54) is 13.0 Å². The first-order chi connectivity index (χ1) is 11.8. The molecule has 0 saturated carbocycles. The summed E-state index contributed by atoms with van der Waals surface area (Å²) in [4.78, 5) is 22.5. The molecular formula is C17H25N3O5. The van der Waals surface area contributed by atoms with Crippen LogP contribution in [0, 0.1) is 0 Å². The molecule has 25 heavy (non-hydrogen) atoms. The van der Waals surface area contributed by atoms with Crippen molar-refractivity contribution in [2.45, 2.75) is 64.3 Å². The van der Waals surface area contributed by atoms with Crippen molar-refractivity contribution in [3.05, 3.63) is 23.6 Å². The van der Waals surface area contributed by atoms with Gasteiger partial charge in [0.25, 0.3) is 0 Å². The van der Waals surface area contributed by atoms with E-state index in [-0.39, 0.29) is 29.9 Å². The van der Waals surface area contributed by atoms with E-state index in [0.717, 1.165) is 18.4 Å². The fourth-order valence-corrected chi connectivity index (χ4v) is 2.96. The molecule has 0 radical (unpaired) electrons. The second kappa shape index (κ2) is 8.26. The number of carboxylic acids is 1. The summed E-state index contributed by atoms with van der Waals surface area (Å²) >= 11 is 0. The van der Waals surface area contributed by atoms with Crippen LogP contribution in [-0.2, 0) is 9.53 Å². The summed E-state index contributed by atoms with van der Waals surface area (Å²) in [6, 6.07) is 0.634. The van der Waals surface area contributed by atoms with Crippen LogP contribution in [0.3, 0.4) is 0 Å². The van der Waals surface area contributed by atoms with Crippen LogP contribution in [0.25, 0.3) is 5.57 Å². The number of carbonyl (C=O) groups is 2.